The van der Waals surface area contributed by atoms with Crippen LogP contribution in [-0.2, 0) is 6.54 Å². The maximum Gasteiger partial charge on any atom is 0.0455 e. The summed E-state index contributed by atoms with van der Waals surface area (Å²) >= 11 is 3.52. The molecule has 3 heteroatoms. The first-order chi connectivity index (χ1) is 9.22. The Morgan fingerprint density at radius 1 is 1.11 bits per heavy atom. The van der Waals surface area contributed by atoms with Gasteiger partial charge in [-0.15, -0.1) is 0 Å². The highest BCUT2D eigenvalue weighted by molar-refractivity contribution is 9.10. The summed E-state index contributed by atoms with van der Waals surface area (Å²) in [6.45, 7) is 2.95. The predicted octanol–water partition coefficient (Wildman–Crippen LogP) is 4.85. The van der Waals surface area contributed by atoms with Gasteiger partial charge in [-0.25, -0.2) is 0 Å². The third-order valence-electron chi connectivity index (χ3n) is 3.27. The highest BCUT2D eigenvalue weighted by Crippen LogP contribution is 2.20. The van der Waals surface area contributed by atoms with Crippen LogP contribution in [0.25, 0.3) is 10.9 Å². The van der Waals surface area contributed by atoms with E-state index in [2.05, 4.69) is 75.6 Å². The number of rotatable bonds is 3. The van der Waals surface area contributed by atoms with E-state index in [-0.39, 0.29) is 0 Å². The molecule has 0 atom stereocenters. The summed E-state index contributed by atoms with van der Waals surface area (Å²) in [5.41, 5.74) is 4.87. The van der Waals surface area contributed by atoms with E-state index < -0.39 is 0 Å². The van der Waals surface area contributed by atoms with Crippen molar-refractivity contribution < 1.29 is 0 Å². The number of aromatic amines is 1. The number of anilines is 1. The number of H-pyrrole nitrogens is 1. The molecule has 0 saturated carbocycles. The molecule has 2 N–H and O–H groups in total. The Balaban J connectivity index is 1.75. The predicted molar refractivity (Wildman–Crippen MR) is 84.5 cm³/mol. The summed E-state index contributed by atoms with van der Waals surface area (Å²) in [7, 11) is 0. The SMILES string of the molecule is Cc1cc(CNc2ccc3[nH]ccc3c2)ccc1Br. The number of fused-ring (bicyclic) bond motifs is 1. The Labute approximate surface area is 121 Å². The van der Waals surface area contributed by atoms with Gasteiger partial charge in [0.05, 0.1) is 0 Å². The van der Waals surface area contributed by atoms with Crippen LogP contribution in [-0.4, -0.2) is 4.98 Å². The van der Waals surface area contributed by atoms with Crippen LogP contribution in [0, 0.1) is 6.92 Å². The molecular formula is C16H15BrN2. The Hall–Kier alpha value is -1.74. The third kappa shape index (κ3) is 2.66. The minimum absolute atomic E-state index is 0.837. The fourth-order valence-corrected chi connectivity index (χ4v) is 2.43. The van der Waals surface area contributed by atoms with Crippen LogP contribution in [0.15, 0.2) is 53.1 Å². The highest BCUT2D eigenvalue weighted by Gasteiger charge is 1.99. The van der Waals surface area contributed by atoms with Crippen molar-refractivity contribution in [2.45, 2.75) is 13.5 Å². The van der Waals surface area contributed by atoms with Gasteiger partial charge < -0.3 is 10.3 Å². The van der Waals surface area contributed by atoms with Gasteiger partial charge in [0.2, 0.25) is 0 Å². The van der Waals surface area contributed by atoms with Gasteiger partial charge in [0.1, 0.15) is 0 Å². The van der Waals surface area contributed by atoms with Crippen LogP contribution in [0.1, 0.15) is 11.1 Å². The lowest BCUT2D eigenvalue weighted by molar-refractivity contribution is 1.14. The van der Waals surface area contributed by atoms with E-state index in [4.69, 9.17) is 0 Å². The van der Waals surface area contributed by atoms with E-state index in [1.165, 1.54) is 22.0 Å². The molecule has 0 aliphatic rings. The summed E-state index contributed by atoms with van der Waals surface area (Å²) in [5.74, 6) is 0. The molecule has 0 radical (unpaired) electrons. The Kier molecular flexibility index (Phi) is 3.30. The van der Waals surface area contributed by atoms with Gasteiger partial charge in [0.25, 0.3) is 0 Å². The number of hydrogen-bond acceptors (Lipinski definition) is 1. The summed E-state index contributed by atoms with van der Waals surface area (Å²) in [5, 5.41) is 4.69. The number of nitrogens with one attached hydrogen (secondary N) is 2. The monoisotopic (exact) mass is 314 g/mol. The van der Waals surface area contributed by atoms with E-state index in [0.717, 1.165) is 16.7 Å². The Morgan fingerprint density at radius 2 is 2.00 bits per heavy atom. The lowest BCUT2D eigenvalue weighted by atomic mass is 10.1. The van der Waals surface area contributed by atoms with Gasteiger partial charge in [-0.05, 0) is 48.4 Å². The number of hydrogen-bond donors (Lipinski definition) is 2. The molecule has 19 heavy (non-hydrogen) atoms. The molecule has 0 aliphatic carbocycles. The molecule has 0 bridgehead atoms. The maximum atomic E-state index is 3.52. The van der Waals surface area contributed by atoms with E-state index in [1.54, 1.807) is 0 Å². The Morgan fingerprint density at radius 3 is 2.84 bits per heavy atom. The van der Waals surface area contributed by atoms with E-state index >= 15 is 0 Å². The highest BCUT2D eigenvalue weighted by atomic mass is 79.9. The van der Waals surface area contributed by atoms with Crippen molar-refractivity contribution in [2.75, 3.05) is 5.32 Å². The topological polar surface area (TPSA) is 27.8 Å². The zero-order valence-corrected chi connectivity index (χ0v) is 12.3. The van der Waals surface area contributed by atoms with Crippen molar-refractivity contribution >= 4 is 32.5 Å². The smallest absolute Gasteiger partial charge is 0.0455 e. The van der Waals surface area contributed by atoms with Crippen molar-refractivity contribution in [1.29, 1.82) is 0 Å². The average Bonchev–Trinajstić information content (AvgIpc) is 2.87. The van der Waals surface area contributed by atoms with Crippen LogP contribution in [0.2, 0.25) is 0 Å². The number of aromatic nitrogens is 1. The molecule has 1 heterocycles. The van der Waals surface area contributed by atoms with Gasteiger partial charge in [0.15, 0.2) is 0 Å². The summed E-state index contributed by atoms with van der Waals surface area (Å²) < 4.78 is 1.16. The maximum absolute atomic E-state index is 3.52. The van der Waals surface area contributed by atoms with E-state index in [1.807, 2.05) is 6.20 Å². The fourth-order valence-electron chi connectivity index (χ4n) is 2.18. The van der Waals surface area contributed by atoms with Gasteiger partial charge >= 0.3 is 0 Å². The normalized spacial score (nSPS) is 10.8. The second kappa shape index (κ2) is 5.10. The zero-order chi connectivity index (χ0) is 13.2. The fraction of sp³-hybridized carbons (Fsp3) is 0.125. The van der Waals surface area contributed by atoms with Crippen molar-refractivity contribution in [3.8, 4) is 0 Å². The largest absolute Gasteiger partial charge is 0.381 e. The minimum Gasteiger partial charge on any atom is -0.381 e. The van der Waals surface area contributed by atoms with Crippen molar-refractivity contribution in [3.63, 3.8) is 0 Å². The first-order valence-electron chi connectivity index (χ1n) is 6.28. The van der Waals surface area contributed by atoms with Gasteiger partial charge in [-0.2, -0.15) is 0 Å². The molecular weight excluding hydrogens is 300 g/mol. The van der Waals surface area contributed by atoms with E-state index in [0.29, 0.717) is 0 Å². The first kappa shape index (κ1) is 12.3. The first-order valence-corrected chi connectivity index (χ1v) is 7.08. The molecule has 2 nitrogen and oxygen atoms in total. The second-order valence-electron chi connectivity index (χ2n) is 4.72. The molecule has 0 unspecified atom stereocenters. The molecule has 0 aliphatic heterocycles. The Bertz CT molecular complexity index is 716. The average molecular weight is 315 g/mol. The minimum atomic E-state index is 0.837. The lowest BCUT2D eigenvalue weighted by Gasteiger charge is -2.08. The molecule has 3 rings (SSSR count). The van der Waals surface area contributed by atoms with Gasteiger partial charge in [-0.1, -0.05) is 28.1 Å². The van der Waals surface area contributed by atoms with Crippen molar-refractivity contribution in [3.05, 3.63) is 64.3 Å². The van der Waals surface area contributed by atoms with Crippen molar-refractivity contribution in [2.24, 2.45) is 0 Å². The molecule has 1 aromatic heterocycles. The van der Waals surface area contributed by atoms with Crippen LogP contribution in [0.5, 0.6) is 0 Å². The third-order valence-corrected chi connectivity index (χ3v) is 4.16. The number of aryl methyl sites for hydroxylation is 1. The molecule has 0 amide bonds. The number of benzene rings is 2. The molecule has 0 spiro atoms. The summed E-state index contributed by atoms with van der Waals surface area (Å²) in [6, 6.07) is 14.9. The quantitative estimate of drug-likeness (QED) is 0.710. The van der Waals surface area contributed by atoms with E-state index in [9.17, 15) is 0 Å². The van der Waals surface area contributed by atoms with Crippen LogP contribution >= 0.6 is 15.9 Å². The lowest BCUT2D eigenvalue weighted by Crippen LogP contribution is -1.99. The zero-order valence-electron chi connectivity index (χ0n) is 10.7. The number of halogens is 1. The standard InChI is InChI=1S/C16H15BrN2/c1-11-8-12(2-4-15(11)17)10-19-14-3-5-16-13(9-14)6-7-18-16/h2-9,18-19H,10H2,1H3. The summed E-state index contributed by atoms with van der Waals surface area (Å²) in [4.78, 5) is 3.20. The molecule has 2 aromatic carbocycles. The van der Waals surface area contributed by atoms with Crippen molar-refractivity contribution in [1.82, 2.24) is 4.98 Å². The molecule has 0 saturated heterocycles. The second-order valence-corrected chi connectivity index (χ2v) is 5.57. The molecule has 3 aromatic rings. The van der Waals surface area contributed by atoms with Crippen LogP contribution in [0.3, 0.4) is 0 Å². The summed E-state index contributed by atoms with van der Waals surface area (Å²) in [6.07, 6.45) is 1.96. The van der Waals surface area contributed by atoms with Gasteiger partial charge in [-0.3, -0.25) is 0 Å². The molecule has 96 valence electrons. The molecule has 0 fully saturated rings. The van der Waals surface area contributed by atoms with Crippen LogP contribution < -0.4 is 5.32 Å². The van der Waals surface area contributed by atoms with Gasteiger partial charge in [0, 0.05) is 33.8 Å². The van der Waals surface area contributed by atoms with Crippen LogP contribution in [0.4, 0.5) is 5.69 Å².